The molecule has 0 spiro atoms. The molecule has 0 unspecified atom stereocenters. The summed E-state index contributed by atoms with van der Waals surface area (Å²) in [6.07, 6.45) is 6.63. The number of nitrogens with zero attached hydrogens (tertiary/aromatic N) is 2. The number of aromatic nitrogens is 3. The quantitative estimate of drug-likeness (QED) is 0.554. The normalized spacial score (nSPS) is 8.00. The summed E-state index contributed by atoms with van der Waals surface area (Å²) in [6.45, 7) is 0. The Kier molecular flexibility index (Phi) is 2.30. The van der Waals surface area contributed by atoms with E-state index in [-0.39, 0.29) is 0 Å². The molecule has 0 aliphatic carbocycles. The van der Waals surface area contributed by atoms with Gasteiger partial charge < -0.3 is 0 Å². The number of nitrogens with one attached hydrogen (secondary N) is 1. The van der Waals surface area contributed by atoms with Gasteiger partial charge in [0.05, 0.1) is 0 Å². The van der Waals surface area contributed by atoms with E-state index in [9.17, 15) is 0 Å². The van der Waals surface area contributed by atoms with Crippen LogP contribution in [0.5, 0.6) is 0 Å². The van der Waals surface area contributed by atoms with Gasteiger partial charge in [-0.15, -0.1) is 0 Å². The second-order valence-electron chi connectivity index (χ2n) is 1.41. The van der Waals surface area contributed by atoms with Crippen molar-refractivity contribution in [2.24, 2.45) is 0 Å². The lowest BCUT2D eigenvalue weighted by Gasteiger charge is -1.64. The molecule has 3 heteroatoms. The minimum atomic E-state index is 1.63. The average Bonchev–Trinajstić information content (AvgIpc) is 2.00. The van der Waals surface area contributed by atoms with Crippen molar-refractivity contribution in [3.05, 3.63) is 36.9 Å². The molecule has 0 bridgehead atoms. The van der Waals surface area contributed by atoms with Crippen molar-refractivity contribution in [1.29, 1.82) is 0 Å². The first-order chi connectivity index (χ1) is 4.50. The second-order valence-corrected chi connectivity index (χ2v) is 1.41. The molecular formula is C6H7N3. The molecule has 0 radical (unpaired) electrons. The Morgan fingerprint density at radius 3 is 2.89 bits per heavy atom. The third-order valence-electron chi connectivity index (χ3n) is 0.754. The summed E-state index contributed by atoms with van der Waals surface area (Å²) in [5, 5.41) is 6.41. The molecule has 46 valence electrons. The van der Waals surface area contributed by atoms with Crippen LogP contribution >= 0.6 is 0 Å². The summed E-state index contributed by atoms with van der Waals surface area (Å²) in [5.41, 5.74) is 0. The predicted molar refractivity (Wildman–Crippen MR) is 34.0 cm³/mol. The van der Waals surface area contributed by atoms with Crippen LogP contribution in [0.3, 0.4) is 0 Å². The predicted octanol–water partition coefficient (Wildman–Crippen LogP) is 0.929. The molecule has 0 saturated carbocycles. The van der Waals surface area contributed by atoms with E-state index in [4.69, 9.17) is 0 Å². The van der Waals surface area contributed by atoms with E-state index >= 15 is 0 Å². The average molecular weight is 121 g/mol. The summed E-state index contributed by atoms with van der Waals surface area (Å²) in [6, 6.07) is 3.60. The van der Waals surface area contributed by atoms with E-state index in [1.54, 1.807) is 36.9 Å². The summed E-state index contributed by atoms with van der Waals surface area (Å²) in [7, 11) is 0. The molecule has 1 N–H and O–H groups in total. The highest BCUT2D eigenvalue weighted by Gasteiger charge is 1.58. The Morgan fingerprint density at radius 2 is 1.89 bits per heavy atom. The fourth-order valence-corrected chi connectivity index (χ4v) is 0.404. The van der Waals surface area contributed by atoms with E-state index in [2.05, 4.69) is 15.2 Å². The van der Waals surface area contributed by atoms with Gasteiger partial charge >= 0.3 is 0 Å². The van der Waals surface area contributed by atoms with Crippen molar-refractivity contribution < 1.29 is 0 Å². The minimum Gasteiger partial charge on any atom is -0.284 e. The molecule has 3 nitrogen and oxygen atoms in total. The van der Waals surface area contributed by atoms with Gasteiger partial charge in [0.15, 0.2) is 0 Å². The Labute approximate surface area is 53.1 Å². The molecule has 1 aromatic heterocycles. The van der Waals surface area contributed by atoms with Gasteiger partial charge in [0.25, 0.3) is 0 Å². The molecule has 0 atom stereocenters. The van der Waals surface area contributed by atoms with Crippen molar-refractivity contribution in [1.82, 2.24) is 15.2 Å². The molecule has 0 amide bonds. The van der Waals surface area contributed by atoms with Gasteiger partial charge in [-0.25, -0.2) is 0 Å². The minimum absolute atomic E-state index is 1.63. The lowest BCUT2D eigenvalue weighted by molar-refractivity contribution is 1.04. The Bertz CT molecular complexity index is 130. The highest BCUT2D eigenvalue weighted by atomic mass is 15.1. The van der Waals surface area contributed by atoms with Gasteiger partial charge in [-0.2, -0.15) is 5.10 Å². The van der Waals surface area contributed by atoms with Crippen LogP contribution in [0.25, 0.3) is 0 Å². The van der Waals surface area contributed by atoms with Crippen molar-refractivity contribution >= 4 is 0 Å². The zero-order chi connectivity index (χ0) is 6.36. The molecule has 0 aliphatic heterocycles. The molecule has 1 heterocycles. The van der Waals surface area contributed by atoms with E-state index in [1.165, 1.54) is 0 Å². The Hall–Kier alpha value is -1.38. The second kappa shape index (κ2) is 3.60. The topological polar surface area (TPSA) is 41.6 Å². The SMILES string of the molecule is c1ccn[nH]ccnc1. The summed E-state index contributed by atoms with van der Waals surface area (Å²) < 4.78 is 0. The maximum atomic E-state index is 3.86. The Morgan fingerprint density at radius 1 is 1.00 bits per heavy atom. The third-order valence-corrected chi connectivity index (χ3v) is 0.754. The summed E-state index contributed by atoms with van der Waals surface area (Å²) in [4.78, 5) is 3.86. The van der Waals surface area contributed by atoms with Crippen LogP contribution in [-0.2, 0) is 0 Å². The van der Waals surface area contributed by atoms with Crippen molar-refractivity contribution in [3.63, 3.8) is 0 Å². The van der Waals surface area contributed by atoms with Crippen LogP contribution in [0.15, 0.2) is 36.9 Å². The number of rotatable bonds is 0. The van der Waals surface area contributed by atoms with Crippen LogP contribution in [0, 0.1) is 0 Å². The smallest absolute Gasteiger partial charge is 0.0472 e. The molecule has 9 heavy (non-hydrogen) atoms. The van der Waals surface area contributed by atoms with E-state index in [1.807, 2.05) is 0 Å². The lowest BCUT2D eigenvalue weighted by atomic mass is 10.6. The van der Waals surface area contributed by atoms with E-state index in [0.29, 0.717) is 0 Å². The first-order valence-corrected chi connectivity index (χ1v) is 2.62. The van der Waals surface area contributed by atoms with Crippen molar-refractivity contribution in [2.75, 3.05) is 0 Å². The van der Waals surface area contributed by atoms with Crippen LogP contribution in [0.2, 0.25) is 0 Å². The Balaban J connectivity index is 3.04. The molecule has 0 saturated heterocycles. The molecule has 1 rings (SSSR count). The van der Waals surface area contributed by atoms with Crippen molar-refractivity contribution in [2.45, 2.75) is 0 Å². The fraction of sp³-hybridized carbons (Fsp3) is 0. The maximum absolute atomic E-state index is 3.86. The maximum Gasteiger partial charge on any atom is 0.0472 e. The number of H-pyrrole nitrogens is 1. The standard InChI is InChI=1S/C6H7N3/c1-2-4-8-9-6-5-7-3-1/h1-6,9H. The van der Waals surface area contributed by atoms with Gasteiger partial charge in [-0.05, 0) is 12.1 Å². The van der Waals surface area contributed by atoms with Gasteiger partial charge in [-0.3, -0.25) is 10.1 Å². The van der Waals surface area contributed by atoms with Crippen LogP contribution in [-0.4, -0.2) is 15.2 Å². The van der Waals surface area contributed by atoms with E-state index in [0.717, 1.165) is 0 Å². The molecule has 0 aromatic carbocycles. The van der Waals surface area contributed by atoms with E-state index < -0.39 is 0 Å². The highest BCUT2D eigenvalue weighted by molar-refractivity contribution is 4.79. The fourth-order valence-electron chi connectivity index (χ4n) is 0.404. The molecule has 1 aromatic rings. The van der Waals surface area contributed by atoms with Gasteiger partial charge in [0.1, 0.15) is 0 Å². The van der Waals surface area contributed by atoms with Gasteiger partial charge in [0, 0.05) is 24.8 Å². The monoisotopic (exact) mass is 121 g/mol. The molecular weight excluding hydrogens is 114 g/mol. The largest absolute Gasteiger partial charge is 0.284 e. The lowest BCUT2D eigenvalue weighted by Crippen LogP contribution is -1.65. The van der Waals surface area contributed by atoms with Crippen molar-refractivity contribution in [3.8, 4) is 0 Å². The molecule has 0 aliphatic rings. The summed E-state index contributed by atoms with van der Waals surface area (Å²) >= 11 is 0. The number of aromatic amines is 1. The number of hydrogen-bond acceptors (Lipinski definition) is 2. The van der Waals surface area contributed by atoms with Crippen LogP contribution < -0.4 is 0 Å². The van der Waals surface area contributed by atoms with Crippen LogP contribution in [0.1, 0.15) is 0 Å². The van der Waals surface area contributed by atoms with Gasteiger partial charge in [-0.1, -0.05) is 0 Å². The highest BCUT2D eigenvalue weighted by Crippen LogP contribution is 1.68. The first-order valence-electron chi connectivity index (χ1n) is 2.62. The van der Waals surface area contributed by atoms with Gasteiger partial charge in [0.2, 0.25) is 0 Å². The summed E-state index contributed by atoms with van der Waals surface area (Å²) in [5.74, 6) is 0. The molecule has 0 fully saturated rings. The number of hydrogen-bond donors (Lipinski definition) is 1. The third kappa shape index (κ3) is 2.43. The zero-order valence-electron chi connectivity index (χ0n) is 4.86. The van der Waals surface area contributed by atoms with Crippen LogP contribution in [0.4, 0.5) is 0 Å². The zero-order valence-corrected chi connectivity index (χ0v) is 4.86. The first kappa shape index (κ1) is 5.75.